The van der Waals surface area contributed by atoms with E-state index >= 15 is 0 Å². The van der Waals surface area contributed by atoms with Gasteiger partial charge in [-0.2, -0.15) is 5.26 Å². The van der Waals surface area contributed by atoms with E-state index in [0.717, 1.165) is 11.1 Å². The largest absolute Gasteiger partial charge is 0.457 e. The second kappa shape index (κ2) is 3.86. The van der Waals surface area contributed by atoms with Crippen LogP contribution in [-0.2, 0) is 11.3 Å². The van der Waals surface area contributed by atoms with Crippen molar-refractivity contribution in [1.29, 1.82) is 5.26 Å². The lowest BCUT2D eigenvalue weighted by Gasteiger charge is -1.93. The maximum Gasteiger partial charge on any atom is 0.338 e. The van der Waals surface area contributed by atoms with Crippen LogP contribution in [0.4, 0.5) is 0 Å². The van der Waals surface area contributed by atoms with Gasteiger partial charge in [0.2, 0.25) is 0 Å². The van der Waals surface area contributed by atoms with Gasteiger partial charge < -0.3 is 4.74 Å². The number of esters is 1. The summed E-state index contributed by atoms with van der Waals surface area (Å²) in [6.45, 7) is 0.347. The molecule has 3 nitrogen and oxygen atoms in total. The van der Waals surface area contributed by atoms with Gasteiger partial charge >= 0.3 is 5.97 Å². The summed E-state index contributed by atoms with van der Waals surface area (Å²) in [5.41, 5.74) is 2.22. The van der Waals surface area contributed by atoms with Crippen molar-refractivity contribution in [3.63, 3.8) is 0 Å². The number of ether oxygens (including phenoxy) is 1. The second-order valence-electron chi connectivity index (χ2n) is 3.08. The van der Waals surface area contributed by atoms with E-state index in [0.29, 0.717) is 12.2 Å². The molecule has 0 fully saturated rings. The Hall–Kier alpha value is -2.26. The molecule has 2 rings (SSSR count). The highest BCUT2D eigenvalue weighted by Gasteiger charge is 2.20. The van der Waals surface area contributed by atoms with Crippen LogP contribution < -0.4 is 0 Å². The average molecular weight is 197 g/mol. The molecule has 0 N–H and O–H groups in total. The van der Waals surface area contributed by atoms with Gasteiger partial charge in [-0.05, 0) is 12.1 Å². The molecule has 0 amide bonds. The summed E-state index contributed by atoms with van der Waals surface area (Å²) in [5, 5.41) is 8.31. The molecule has 0 atom stereocenters. The summed E-state index contributed by atoms with van der Waals surface area (Å²) in [7, 11) is 0. The highest BCUT2D eigenvalue weighted by Crippen LogP contribution is 2.20. The summed E-state index contributed by atoms with van der Waals surface area (Å²) >= 11 is 0. The molecule has 1 aliphatic rings. The van der Waals surface area contributed by atoms with E-state index < -0.39 is 0 Å². The van der Waals surface area contributed by atoms with Crippen molar-refractivity contribution in [3.05, 3.63) is 34.9 Å². The fourth-order valence-corrected chi connectivity index (χ4v) is 1.38. The molecule has 0 bridgehead atoms. The molecule has 0 unspecified atom stereocenters. The predicted molar refractivity (Wildman–Crippen MR) is 52.7 cm³/mol. The van der Waals surface area contributed by atoms with Crippen LogP contribution in [0.2, 0.25) is 0 Å². The number of fused-ring (bicyclic) bond motifs is 1. The van der Waals surface area contributed by atoms with Gasteiger partial charge in [0, 0.05) is 11.1 Å². The standard InChI is InChI=1S/C12H7NO2/c13-6-2-1-3-9-4-5-10-8-15-12(14)11(10)7-9/h4-5,7H,2,8H2. The Bertz CT molecular complexity index is 515. The summed E-state index contributed by atoms with van der Waals surface area (Å²) in [4.78, 5) is 11.2. The summed E-state index contributed by atoms with van der Waals surface area (Å²) in [5.74, 6) is 5.21. The molecule has 1 aliphatic heterocycles. The molecular formula is C12H7NO2. The average Bonchev–Trinajstić information content (AvgIpc) is 2.61. The van der Waals surface area contributed by atoms with Crippen molar-refractivity contribution < 1.29 is 9.53 Å². The zero-order valence-electron chi connectivity index (χ0n) is 7.91. The van der Waals surface area contributed by atoms with Crippen molar-refractivity contribution in [2.24, 2.45) is 0 Å². The maximum atomic E-state index is 11.2. The lowest BCUT2D eigenvalue weighted by Crippen LogP contribution is -1.93. The molecule has 72 valence electrons. The number of rotatable bonds is 0. The molecule has 0 saturated heterocycles. The maximum absolute atomic E-state index is 11.2. The first-order valence-corrected chi connectivity index (χ1v) is 4.47. The summed E-state index contributed by atoms with van der Waals surface area (Å²) < 4.78 is 4.86. The van der Waals surface area contributed by atoms with Gasteiger partial charge in [0.05, 0.1) is 18.1 Å². The van der Waals surface area contributed by atoms with Gasteiger partial charge in [-0.15, -0.1) is 0 Å². The van der Waals surface area contributed by atoms with Crippen LogP contribution in [0.5, 0.6) is 0 Å². The number of cyclic esters (lactones) is 1. The smallest absolute Gasteiger partial charge is 0.338 e. The normalized spacial score (nSPS) is 12.1. The van der Waals surface area contributed by atoms with Gasteiger partial charge in [-0.1, -0.05) is 17.9 Å². The van der Waals surface area contributed by atoms with Crippen LogP contribution in [0.3, 0.4) is 0 Å². The fraction of sp³-hybridized carbons (Fsp3) is 0.167. The fourth-order valence-electron chi connectivity index (χ4n) is 1.38. The van der Waals surface area contributed by atoms with Crippen LogP contribution in [-0.4, -0.2) is 5.97 Å². The van der Waals surface area contributed by atoms with Crippen LogP contribution in [0.25, 0.3) is 0 Å². The van der Waals surface area contributed by atoms with Gasteiger partial charge in [0.25, 0.3) is 0 Å². The molecule has 0 spiro atoms. The zero-order chi connectivity index (χ0) is 10.7. The van der Waals surface area contributed by atoms with E-state index in [1.54, 1.807) is 6.07 Å². The first-order valence-electron chi connectivity index (χ1n) is 4.47. The summed E-state index contributed by atoms with van der Waals surface area (Å²) in [6, 6.07) is 7.29. The van der Waals surface area contributed by atoms with E-state index in [2.05, 4.69) is 11.8 Å². The van der Waals surface area contributed by atoms with Crippen molar-refractivity contribution in [1.82, 2.24) is 0 Å². The minimum absolute atomic E-state index is 0.196. The van der Waals surface area contributed by atoms with Gasteiger partial charge in [0.15, 0.2) is 0 Å². The molecule has 0 aliphatic carbocycles. The molecule has 1 aromatic carbocycles. The Morgan fingerprint density at radius 3 is 3.13 bits per heavy atom. The van der Waals surface area contributed by atoms with Crippen molar-refractivity contribution in [3.8, 4) is 17.9 Å². The topological polar surface area (TPSA) is 50.1 Å². The summed E-state index contributed by atoms with van der Waals surface area (Å²) in [6.07, 6.45) is 0.196. The van der Waals surface area contributed by atoms with Crippen molar-refractivity contribution in [2.75, 3.05) is 0 Å². The predicted octanol–water partition coefficient (Wildman–Crippen LogP) is 1.62. The highest BCUT2D eigenvalue weighted by molar-refractivity contribution is 5.93. The monoisotopic (exact) mass is 197 g/mol. The first kappa shape index (κ1) is 9.30. The van der Waals surface area contributed by atoms with Crippen LogP contribution in [0.1, 0.15) is 27.9 Å². The molecule has 1 aromatic rings. The molecule has 0 saturated carbocycles. The number of hydrogen-bond donors (Lipinski definition) is 0. The van der Waals surface area contributed by atoms with Crippen LogP contribution >= 0.6 is 0 Å². The Balaban J connectivity index is 2.31. The Labute approximate surface area is 87.3 Å². The number of nitriles is 1. The molecular weight excluding hydrogens is 190 g/mol. The van der Waals surface area contributed by atoms with Gasteiger partial charge in [0.1, 0.15) is 6.61 Å². The Morgan fingerprint density at radius 1 is 1.47 bits per heavy atom. The first-order chi connectivity index (χ1) is 7.31. The molecule has 0 aromatic heterocycles. The van der Waals surface area contributed by atoms with Crippen LogP contribution in [0, 0.1) is 23.2 Å². The molecule has 1 heterocycles. The number of carbonyl (C=O) groups excluding carboxylic acids is 1. The lowest BCUT2D eigenvalue weighted by atomic mass is 10.1. The van der Waals surface area contributed by atoms with Gasteiger partial charge in [-0.3, -0.25) is 0 Å². The Morgan fingerprint density at radius 2 is 2.33 bits per heavy atom. The lowest BCUT2D eigenvalue weighted by molar-refractivity contribution is 0.0535. The van der Waals surface area contributed by atoms with Crippen molar-refractivity contribution >= 4 is 5.97 Å². The number of benzene rings is 1. The quantitative estimate of drug-likeness (QED) is 0.469. The minimum Gasteiger partial charge on any atom is -0.457 e. The van der Waals surface area contributed by atoms with E-state index in [1.165, 1.54) is 0 Å². The second-order valence-corrected chi connectivity index (χ2v) is 3.08. The van der Waals surface area contributed by atoms with E-state index in [9.17, 15) is 4.79 Å². The van der Waals surface area contributed by atoms with E-state index in [4.69, 9.17) is 10.00 Å². The third-order valence-corrected chi connectivity index (χ3v) is 2.09. The third-order valence-electron chi connectivity index (χ3n) is 2.09. The molecule has 15 heavy (non-hydrogen) atoms. The van der Waals surface area contributed by atoms with E-state index in [1.807, 2.05) is 18.2 Å². The van der Waals surface area contributed by atoms with Gasteiger partial charge in [-0.25, -0.2) is 4.79 Å². The third kappa shape index (κ3) is 1.82. The van der Waals surface area contributed by atoms with Crippen LogP contribution in [0.15, 0.2) is 18.2 Å². The minimum atomic E-state index is -0.297. The Kier molecular flexibility index (Phi) is 2.39. The van der Waals surface area contributed by atoms with Crippen molar-refractivity contribution in [2.45, 2.75) is 13.0 Å². The zero-order valence-corrected chi connectivity index (χ0v) is 7.91. The molecule has 0 radical (unpaired) electrons. The number of carbonyl (C=O) groups is 1. The molecule has 3 heteroatoms. The van der Waals surface area contributed by atoms with E-state index in [-0.39, 0.29) is 12.4 Å². The number of nitrogens with zero attached hydrogens (tertiary/aromatic N) is 1. The SMILES string of the molecule is N#CCC#Cc1ccc2c(c1)C(=O)OC2. The number of hydrogen-bond acceptors (Lipinski definition) is 3. The highest BCUT2D eigenvalue weighted by atomic mass is 16.5.